The van der Waals surface area contributed by atoms with Crippen LogP contribution in [0.1, 0.15) is 31.7 Å². The topological polar surface area (TPSA) is 12.5 Å². The van der Waals surface area contributed by atoms with Gasteiger partial charge in [-0.3, -0.25) is 4.90 Å². The number of hydrogen-bond donors (Lipinski definition) is 0. The van der Waals surface area contributed by atoms with Crippen LogP contribution in [0.2, 0.25) is 0 Å². The maximum Gasteiger partial charge on any atom is 0.118 e. The molecule has 0 N–H and O–H groups in total. The predicted molar refractivity (Wildman–Crippen MR) is 89.4 cm³/mol. The van der Waals surface area contributed by atoms with Gasteiger partial charge in [0.15, 0.2) is 0 Å². The van der Waals surface area contributed by atoms with Crippen molar-refractivity contribution >= 4 is 16.7 Å². The molecule has 1 atom stereocenters. The minimum Gasteiger partial charge on any atom is -0.497 e. The molecule has 20 heavy (non-hydrogen) atoms. The molecule has 1 heterocycles. The quantitative estimate of drug-likeness (QED) is 0.803. The Kier molecular flexibility index (Phi) is 5.99. The van der Waals surface area contributed by atoms with E-state index in [0.29, 0.717) is 6.04 Å². The number of piperidine rings is 1. The van der Waals surface area contributed by atoms with Gasteiger partial charge in [0, 0.05) is 10.9 Å². The molecule has 1 aliphatic heterocycles. The standard InChI is InChI=1S/C17H25NOS/c1-14(18-11-5-4-6-12-18)13-17(20-3)15-7-9-16(19-2)10-8-15/h7-10,13-14H,4-6,11-12H2,1-3H3/b17-13+. The molecule has 0 aliphatic carbocycles. The first kappa shape index (κ1) is 15.5. The van der Waals surface area contributed by atoms with Gasteiger partial charge in [-0.15, -0.1) is 11.8 Å². The second kappa shape index (κ2) is 7.75. The fraction of sp³-hybridized carbons (Fsp3) is 0.529. The molecule has 0 aromatic heterocycles. The van der Waals surface area contributed by atoms with Crippen LogP contribution >= 0.6 is 11.8 Å². The van der Waals surface area contributed by atoms with Crippen molar-refractivity contribution in [2.75, 3.05) is 26.5 Å². The number of thioether (sulfide) groups is 1. The third-order valence-corrected chi connectivity index (χ3v) is 4.77. The summed E-state index contributed by atoms with van der Waals surface area (Å²) in [5, 5.41) is 0. The Morgan fingerprint density at radius 1 is 1.20 bits per heavy atom. The minimum absolute atomic E-state index is 0.514. The number of likely N-dealkylation sites (tertiary alicyclic amines) is 1. The van der Waals surface area contributed by atoms with Crippen LogP contribution < -0.4 is 4.74 Å². The van der Waals surface area contributed by atoms with E-state index in [4.69, 9.17) is 4.74 Å². The summed E-state index contributed by atoms with van der Waals surface area (Å²) in [4.78, 5) is 3.94. The molecular formula is C17H25NOS. The number of ether oxygens (including phenoxy) is 1. The molecule has 0 bridgehead atoms. The van der Waals surface area contributed by atoms with E-state index >= 15 is 0 Å². The molecule has 3 heteroatoms. The van der Waals surface area contributed by atoms with Crippen LogP contribution in [0.3, 0.4) is 0 Å². The molecule has 1 aliphatic rings. The summed E-state index contributed by atoms with van der Waals surface area (Å²) in [5.41, 5.74) is 1.28. The van der Waals surface area contributed by atoms with Gasteiger partial charge in [0.1, 0.15) is 5.75 Å². The van der Waals surface area contributed by atoms with E-state index in [9.17, 15) is 0 Å². The monoisotopic (exact) mass is 291 g/mol. The maximum absolute atomic E-state index is 5.22. The van der Waals surface area contributed by atoms with Crippen LogP contribution in [-0.4, -0.2) is 37.4 Å². The second-order valence-electron chi connectivity index (χ2n) is 5.30. The lowest BCUT2D eigenvalue weighted by molar-refractivity contribution is 0.201. The third kappa shape index (κ3) is 4.03. The number of nitrogens with zero attached hydrogens (tertiary/aromatic N) is 1. The Hall–Kier alpha value is -0.930. The van der Waals surface area contributed by atoms with Crippen molar-refractivity contribution in [1.29, 1.82) is 0 Å². The molecule has 1 aromatic rings. The first-order valence-corrected chi connectivity index (χ1v) is 8.61. The molecule has 0 radical (unpaired) electrons. The average molecular weight is 291 g/mol. The molecule has 0 amide bonds. The Morgan fingerprint density at radius 2 is 1.85 bits per heavy atom. The summed E-state index contributed by atoms with van der Waals surface area (Å²) >= 11 is 1.82. The van der Waals surface area contributed by atoms with E-state index in [1.807, 2.05) is 23.9 Å². The summed E-state index contributed by atoms with van der Waals surface area (Å²) in [6, 6.07) is 8.87. The van der Waals surface area contributed by atoms with Gasteiger partial charge in [-0.1, -0.05) is 24.6 Å². The summed E-state index contributed by atoms with van der Waals surface area (Å²) < 4.78 is 5.22. The second-order valence-corrected chi connectivity index (χ2v) is 6.15. The number of methoxy groups -OCH3 is 1. The van der Waals surface area contributed by atoms with Crippen LogP contribution in [0.5, 0.6) is 5.75 Å². The van der Waals surface area contributed by atoms with E-state index in [2.05, 4.69) is 36.3 Å². The van der Waals surface area contributed by atoms with E-state index in [1.54, 1.807) is 7.11 Å². The SMILES string of the molecule is COc1ccc(/C(=C\C(C)N2CCCCC2)SC)cc1. The van der Waals surface area contributed by atoms with Gasteiger partial charge in [-0.25, -0.2) is 0 Å². The fourth-order valence-corrected chi connectivity index (χ4v) is 3.39. The number of hydrogen-bond acceptors (Lipinski definition) is 3. The molecular weight excluding hydrogens is 266 g/mol. The molecule has 110 valence electrons. The van der Waals surface area contributed by atoms with Gasteiger partial charge in [0.25, 0.3) is 0 Å². The first-order valence-electron chi connectivity index (χ1n) is 7.39. The van der Waals surface area contributed by atoms with Crippen LogP contribution in [0.4, 0.5) is 0 Å². The van der Waals surface area contributed by atoms with E-state index in [0.717, 1.165) is 5.75 Å². The number of benzene rings is 1. The van der Waals surface area contributed by atoms with Gasteiger partial charge in [-0.2, -0.15) is 0 Å². The number of rotatable bonds is 5. The van der Waals surface area contributed by atoms with Crippen molar-refractivity contribution in [1.82, 2.24) is 4.90 Å². The van der Waals surface area contributed by atoms with Crippen molar-refractivity contribution in [3.8, 4) is 5.75 Å². The molecule has 0 saturated carbocycles. The van der Waals surface area contributed by atoms with Crippen LogP contribution in [0.15, 0.2) is 30.3 Å². The van der Waals surface area contributed by atoms with E-state index in [1.165, 1.54) is 42.8 Å². The lowest BCUT2D eigenvalue weighted by Gasteiger charge is -2.31. The predicted octanol–water partition coefficient (Wildman–Crippen LogP) is 4.27. The Labute approximate surface area is 127 Å². The normalized spacial score (nSPS) is 18.9. The molecule has 0 spiro atoms. The highest BCUT2D eigenvalue weighted by Gasteiger charge is 2.15. The highest BCUT2D eigenvalue weighted by Crippen LogP contribution is 2.28. The zero-order valence-corrected chi connectivity index (χ0v) is 13.6. The highest BCUT2D eigenvalue weighted by atomic mass is 32.2. The van der Waals surface area contributed by atoms with Crippen molar-refractivity contribution < 1.29 is 4.74 Å². The van der Waals surface area contributed by atoms with Crippen molar-refractivity contribution in [3.63, 3.8) is 0 Å². The molecule has 2 rings (SSSR count). The minimum atomic E-state index is 0.514. The molecule has 2 nitrogen and oxygen atoms in total. The van der Waals surface area contributed by atoms with Crippen LogP contribution in [-0.2, 0) is 0 Å². The lowest BCUT2D eigenvalue weighted by Crippen LogP contribution is -2.36. The lowest BCUT2D eigenvalue weighted by atomic mass is 10.1. The van der Waals surface area contributed by atoms with Crippen molar-refractivity contribution in [2.24, 2.45) is 0 Å². The summed E-state index contributed by atoms with van der Waals surface area (Å²) in [5.74, 6) is 0.915. The third-order valence-electron chi connectivity index (χ3n) is 3.95. The smallest absolute Gasteiger partial charge is 0.118 e. The van der Waals surface area contributed by atoms with Crippen LogP contribution in [0, 0.1) is 0 Å². The molecule has 1 saturated heterocycles. The first-order chi connectivity index (χ1) is 9.74. The van der Waals surface area contributed by atoms with Gasteiger partial charge in [0.05, 0.1) is 7.11 Å². The molecule has 1 fully saturated rings. The van der Waals surface area contributed by atoms with Gasteiger partial charge in [0.2, 0.25) is 0 Å². The Bertz CT molecular complexity index is 435. The van der Waals surface area contributed by atoms with Crippen LogP contribution in [0.25, 0.3) is 4.91 Å². The highest BCUT2D eigenvalue weighted by molar-refractivity contribution is 8.07. The largest absolute Gasteiger partial charge is 0.497 e. The summed E-state index contributed by atoms with van der Waals surface area (Å²) in [6.45, 7) is 4.79. The summed E-state index contributed by atoms with van der Waals surface area (Å²) in [6.07, 6.45) is 8.63. The van der Waals surface area contributed by atoms with Gasteiger partial charge in [-0.05, 0) is 56.8 Å². The zero-order valence-electron chi connectivity index (χ0n) is 12.8. The Morgan fingerprint density at radius 3 is 2.40 bits per heavy atom. The maximum atomic E-state index is 5.22. The summed E-state index contributed by atoms with van der Waals surface area (Å²) in [7, 11) is 1.71. The van der Waals surface area contributed by atoms with Gasteiger partial charge < -0.3 is 4.74 Å². The van der Waals surface area contributed by atoms with Gasteiger partial charge >= 0.3 is 0 Å². The van der Waals surface area contributed by atoms with Crippen molar-refractivity contribution in [2.45, 2.75) is 32.2 Å². The van der Waals surface area contributed by atoms with E-state index in [-0.39, 0.29) is 0 Å². The Balaban J connectivity index is 2.10. The average Bonchev–Trinajstić information content (AvgIpc) is 2.53. The molecule has 1 aromatic carbocycles. The zero-order chi connectivity index (χ0) is 14.4. The molecule has 1 unspecified atom stereocenters. The van der Waals surface area contributed by atoms with E-state index < -0.39 is 0 Å². The fourth-order valence-electron chi connectivity index (χ4n) is 2.69. The van der Waals surface area contributed by atoms with Crippen molar-refractivity contribution in [3.05, 3.63) is 35.9 Å².